The molecule has 156 valence electrons. The highest BCUT2D eigenvalue weighted by Crippen LogP contribution is 2.33. The van der Waals surface area contributed by atoms with Gasteiger partial charge in [-0.25, -0.2) is 8.42 Å². The Hall–Kier alpha value is -2.09. The SMILES string of the molecule is Cl.O=C(Nc1cccc(NS(=O)(=O)c2ccccc2)c1)C1CC2CCCCC2N1. The summed E-state index contributed by atoms with van der Waals surface area (Å²) >= 11 is 0. The molecule has 1 heterocycles. The first-order valence-corrected chi connectivity index (χ1v) is 11.2. The molecule has 4 rings (SSSR count). The number of anilines is 2. The maximum Gasteiger partial charge on any atom is 0.261 e. The van der Waals surface area contributed by atoms with Crippen LogP contribution in [0.2, 0.25) is 0 Å². The van der Waals surface area contributed by atoms with Crippen LogP contribution in [0.15, 0.2) is 59.5 Å². The Morgan fingerprint density at radius 1 is 0.966 bits per heavy atom. The molecule has 2 aliphatic rings. The maximum absolute atomic E-state index is 12.7. The van der Waals surface area contributed by atoms with Crippen molar-refractivity contribution >= 4 is 39.7 Å². The second-order valence-corrected chi connectivity index (χ2v) is 9.28. The van der Waals surface area contributed by atoms with Gasteiger partial charge in [0, 0.05) is 11.7 Å². The van der Waals surface area contributed by atoms with E-state index in [0.29, 0.717) is 23.3 Å². The van der Waals surface area contributed by atoms with Crippen molar-refractivity contribution in [2.24, 2.45) is 5.92 Å². The third kappa shape index (κ3) is 5.10. The molecule has 0 aromatic heterocycles. The molecule has 3 unspecified atom stereocenters. The lowest BCUT2D eigenvalue weighted by molar-refractivity contribution is -0.117. The van der Waals surface area contributed by atoms with Gasteiger partial charge in [0.1, 0.15) is 0 Å². The molecule has 1 aliphatic heterocycles. The second-order valence-electron chi connectivity index (χ2n) is 7.59. The molecule has 1 saturated carbocycles. The van der Waals surface area contributed by atoms with Crippen LogP contribution in [0.25, 0.3) is 0 Å². The fourth-order valence-corrected chi connectivity index (χ4v) is 5.30. The number of halogens is 1. The highest BCUT2D eigenvalue weighted by molar-refractivity contribution is 7.92. The zero-order valence-electron chi connectivity index (χ0n) is 16.0. The number of fused-ring (bicyclic) bond motifs is 1. The minimum atomic E-state index is -3.66. The Labute approximate surface area is 177 Å². The zero-order valence-corrected chi connectivity index (χ0v) is 17.6. The van der Waals surface area contributed by atoms with Crippen LogP contribution in [0, 0.1) is 5.92 Å². The molecule has 8 heteroatoms. The summed E-state index contributed by atoms with van der Waals surface area (Å²) in [5.41, 5.74) is 0.990. The summed E-state index contributed by atoms with van der Waals surface area (Å²) in [6.45, 7) is 0. The highest BCUT2D eigenvalue weighted by atomic mass is 35.5. The molecule has 2 aromatic rings. The van der Waals surface area contributed by atoms with Crippen molar-refractivity contribution in [2.45, 2.75) is 49.1 Å². The Balaban J connectivity index is 0.00000240. The molecular formula is C21H26ClN3O3S. The Morgan fingerprint density at radius 3 is 2.45 bits per heavy atom. The Morgan fingerprint density at radius 2 is 1.69 bits per heavy atom. The van der Waals surface area contributed by atoms with Gasteiger partial charge in [-0.3, -0.25) is 9.52 Å². The normalized spacial score (nSPS) is 23.5. The molecule has 1 saturated heterocycles. The smallest absolute Gasteiger partial charge is 0.261 e. The van der Waals surface area contributed by atoms with E-state index in [-0.39, 0.29) is 29.3 Å². The largest absolute Gasteiger partial charge is 0.325 e. The van der Waals surface area contributed by atoms with Gasteiger partial charge in [-0.2, -0.15) is 0 Å². The molecule has 0 spiro atoms. The van der Waals surface area contributed by atoms with Gasteiger partial charge in [0.15, 0.2) is 0 Å². The minimum Gasteiger partial charge on any atom is -0.325 e. The van der Waals surface area contributed by atoms with Gasteiger partial charge in [-0.1, -0.05) is 37.1 Å². The van der Waals surface area contributed by atoms with Gasteiger partial charge >= 0.3 is 0 Å². The van der Waals surface area contributed by atoms with E-state index in [9.17, 15) is 13.2 Å². The summed E-state index contributed by atoms with van der Waals surface area (Å²) in [7, 11) is -3.66. The maximum atomic E-state index is 12.7. The van der Waals surface area contributed by atoms with E-state index in [0.717, 1.165) is 12.8 Å². The monoisotopic (exact) mass is 435 g/mol. The number of hydrogen-bond donors (Lipinski definition) is 3. The topological polar surface area (TPSA) is 87.3 Å². The molecule has 1 aliphatic carbocycles. The lowest BCUT2D eigenvalue weighted by Crippen LogP contribution is -2.39. The lowest BCUT2D eigenvalue weighted by Gasteiger charge is -2.24. The molecule has 2 aromatic carbocycles. The lowest BCUT2D eigenvalue weighted by atomic mass is 9.85. The van der Waals surface area contributed by atoms with Crippen molar-refractivity contribution in [1.29, 1.82) is 0 Å². The van der Waals surface area contributed by atoms with Crippen molar-refractivity contribution in [3.63, 3.8) is 0 Å². The highest BCUT2D eigenvalue weighted by Gasteiger charge is 2.38. The minimum absolute atomic E-state index is 0. The first-order valence-electron chi connectivity index (χ1n) is 9.76. The van der Waals surface area contributed by atoms with Gasteiger partial charge in [-0.15, -0.1) is 12.4 Å². The van der Waals surface area contributed by atoms with E-state index in [4.69, 9.17) is 0 Å². The van der Waals surface area contributed by atoms with Gasteiger partial charge < -0.3 is 10.6 Å². The van der Waals surface area contributed by atoms with E-state index in [2.05, 4.69) is 15.4 Å². The summed E-state index contributed by atoms with van der Waals surface area (Å²) in [4.78, 5) is 12.9. The predicted molar refractivity (Wildman–Crippen MR) is 117 cm³/mol. The van der Waals surface area contributed by atoms with Crippen molar-refractivity contribution in [3.05, 3.63) is 54.6 Å². The van der Waals surface area contributed by atoms with E-state index in [1.165, 1.54) is 19.3 Å². The number of sulfonamides is 1. The average molecular weight is 436 g/mol. The molecular weight excluding hydrogens is 410 g/mol. The molecule has 0 radical (unpaired) electrons. The fourth-order valence-electron chi connectivity index (χ4n) is 4.22. The number of carbonyl (C=O) groups excluding carboxylic acids is 1. The summed E-state index contributed by atoms with van der Waals surface area (Å²) < 4.78 is 27.5. The number of nitrogens with one attached hydrogen (secondary N) is 3. The van der Waals surface area contributed by atoms with Crippen molar-refractivity contribution in [2.75, 3.05) is 10.0 Å². The standard InChI is InChI=1S/C21H25N3O3S.ClH/c25-21(20-13-15-7-4-5-12-19(15)23-20)22-16-8-6-9-17(14-16)24-28(26,27)18-10-2-1-3-11-18;/h1-3,6,8-11,14-15,19-20,23-24H,4-5,7,12-13H2,(H,22,25);1H. The molecule has 3 atom stereocenters. The summed E-state index contributed by atoms with van der Waals surface area (Å²) in [5.74, 6) is 0.533. The molecule has 0 bridgehead atoms. The van der Waals surface area contributed by atoms with Crippen LogP contribution in [-0.4, -0.2) is 26.4 Å². The quantitative estimate of drug-likeness (QED) is 0.667. The Kier molecular flexibility index (Phi) is 6.82. The molecule has 2 fully saturated rings. The third-order valence-electron chi connectivity index (χ3n) is 5.62. The molecule has 29 heavy (non-hydrogen) atoms. The van der Waals surface area contributed by atoms with Crippen LogP contribution in [0.3, 0.4) is 0 Å². The first kappa shape index (κ1) is 21.6. The second kappa shape index (κ2) is 9.15. The Bertz CT molecular complexity index is 939. The van der Waals surface area contributed by atoms with E-state index in [1.54, 1.807) is 54.6 Å². The van der Waals surface area contributed by atoms with Gasteiger partial charge in [0.05, 0.1) is 16.6 Å². The number of benzene rings is 2. The van der Waals surface area contributed by atoms with Gasteiger partial charge in [0.2, 0.25) is 5.91 Å². The van der Waals surface area contributed by atoms with Crippen LogP contribution >= 0.6 is 12.4 Å². The number of amides is 1. The van der Waals surface area contributed by atoms with E-state index < -0.39 is 10.0 Å². The van der Waals surface area contributed by atoms with E-state index in [1.807, 2.05) is 0 Å². The van der Waals surface area contributed by atoms with Gasteiger partial charge in [-0.05, 0) is 55.5 Å². The zero-order chi connectivity index (χ0) is 19.6. The van der Waals surface area contributed by atoms with Crippen molar-refractivity contribution in [3.8, 4) is 0 Å². The fraction of sp³-hybridized carbons (Fsp3) is 0.381. The number of carbonyl (C=O) groups is 1. The van der Waals surface area contributed by atoms with Crippen LogP contribution < -0.4 is 15.4 Å². The van der Waals surface area contributed by atoms with Crippen LogP contribution in [0.5, 0.6) is 0 Å². The molecule has 6 nitrogen and oxygen atoms in total. The van der Waals surface area contributed by atoms with Crippen LogP contribution in [0.1, 0.15) is 32.1 Å². The summed E-state index contributed by atoms with van der Waals surface area (Å²) in [6, 6.07) is 15.3. The number of rotatable bonds is 5. The van der Waals surface area contributed by atoms with E-state index >= 15 is 0 Å². The van der Waals surface area contributed by atoms with Crippen LogP contribution in [0.4, 0.5) is 11.4 Å². The third-order valence-corrected chi connectivity index (χ3v) is 7.01. The summed E-state index contributed by atoms with van der Waals surface area (Å²) in [5, 5.41) is 6.39. The number of hydrogen-bond acceptors (Lipinski definition) is 4. The predicted octanol–water partition coefficient (Wildman–Crippen LogP) is 3.77. The summed E-state index contributed by atoms with van der Waals surface area (Å²) in [6.07, 6.45) is 5.69. The van der Waals surface area contributed by atoms with Crippen LogP contribution in [-0.2, 0) is 14.8 Å². The van der Waals surface area contributed by atoms with Crippen molar-refractivity contribution in [1.82, 2.24) is 5.32 Å². The molecule has 1 amide bonds. The molecule has 3 N–H and O–H groups in total. The van der Waals surface area contributed by atoms with Gasteiger partial charge in [0.25, 0.3) is 10.0 Å². The first-order chi connectivity index (χ1) is 13.5. The van der Waals surface area contributed by atoms with Crippen molar-refractivity contribution < 1.29 is 13.2 Å². The average Bonchev–Trinajstić information content (AvgIpc) is 3.13.